The van der Waals surface area contributed by atoms with Crippen LogP contribution >= 0.6 is 0 Å². The van der Waals surface area contributed by atoms with Crippen LogP contribution in [-0.2, 0) is 6.42 Å². The average molecular weight is 447 g/mol. The average Bonchev–Trinajstić information content (AvgIpc) is 3.26. The number of aromatic carboxylic acids is 1. The van der Waals surface area contributed by atoms with Gasteiger partial charge >= 0.3 is 5.97 Å². The van der Waals surface area contributed by atoms with Gasteiger partial charge in [-0.3, -0.25) is 0 Å². The molecule has 0 bridgehead atoms. The van der Waals surface area contributed by atoms with Gasteiger partial charge in [0, 0.05) is 16.3 Å². The number of nitriles is 1. The molecule has 1 aromatic heterocycles. The molecule has 0 atom stereocenters. The third kappa shape index (κ3) is 3.98. The summed E-state index contributed by atoms with van der Waals surface area (Å²) < 4.78 is 6.06. The number of benzene rings is 4. The van der Waals surface area contributed by atoms with E-state index >= 15 is 0 Å². The summed E-state index contributed by atoms with van der Waals surface area (Å²) in [7, 11) is 0. The number of aryl methyl sites for hydroxylation is 1. The SMILES string of the molecule is N#Cc1cccc(-c2cccc3c(CCCOc4cccc5ccccc45)c(C(=O)O)[nH]c23)c1. The van der Waals surface area contributed by atoms with E-state index in [1.54, 1.807) is 6.07 Å². The van der Waals surface area contributed by atoms with Crippen molar-refractivity contribution in [2.75, 3.05) is 6.61 Å². The quantitative estimate of drug-likeness (QED) is 0.277. The zero-order valence-corrected chi connectivity index (χ0v) is 18.4. The highest BCUT2D eigenvalue weighted by Crippen LogP contribution is 2.33. The van der Waals surface area contributed by atoms with E-state index in [1.165, 1.54) is 0 Å². The fourth-order valence-corrected chi connectivity index (χ4v) is 4.47. The fourth-order valence-electron chi connectivity index (χ4n) is 4.47. The third-order valence-electron chi connectivity index (χ3n) is 6.04. The Hall–Kier alpha value is -4.56. The van der Waals surface area contributed by atoms with E-state index in [2.05, 4.69) is 23.2 Å². The van der Waals surface area contributed by atoms with Crippen molar-refractivity contribution >= 4 is 27.6 Å². The number of rotatable bonds is 7. The van der Waals surface area contributed by atoms with Crippen molar-refractivity contribution in [2.45, 2.75) is 12.8 Å². The summed E-state index contributed by atoms with van der Waals surface area (Å²) in [5, 5.41) is 22.2. The Kier molecular flexibility index (Phi) is 5.72. The molecular formula is C29H22N2O3. The van der Waals surface area contributed by atoms with Crippen LogP contribution in [-0.4, -0.2) is 22.7 Å². The van der Waals surface area contributed by atoms with Gasteiger partial charge in [-0.1, -0.05) is 66.7 Å². The number of H-pyrrole nitrogens is 1. The molecule has 5 nitrogen and oxygen atoms in total. The van der Waals surface area contributed by atoms with Crippen LogP contribution in [0.5, 0.6) is 5.75 Å². The second kappa shape index (κ2) is 9.13. The lowest BCUT2D eigenvalue weighted by Gasteiger charge is -2.09. The number of aromatic amines is 1. The summed E-state index contributed by atoms with van der Waals surface area (Å²) in [5.74, 6) is -0.159. The Labute approximate surface area is 196 Å². The number of para-hydroxylation sites is 1. The molecule has 0 saturated heterocycles. The van der Waals surface area contributed by atoms with E-state index in [-0.39, 0.29) is 5.69 Å². The Balaban J connectivity index is 1.42. The number of fused-ring (bicyclic) bond motifs is 2. The maximum atomic E-state index is 12.0. The summed E-state index contributed by atoms with van der Waals surface area (Å²) in [6.45, 7) is 0.476. The van der Waals surface area contributed by atoms with Crippen LogP contribution in [0.1, 0.15) is 28.0 Å². The first-order chi connectivity index (χ1) is 16.7. The Morgan fingerprint density at radius 2 is 1.71 bits per heavy atom. The normalized spacial score (nSPS) is 10.9. The molecule has 0 saturated carbocycles. The molecule has 0 aliphatic rings. The highest BCUT2D eigenvalue weighted by molar-refractivity contribution is 6.03. The monoisotopic (exact) mass is 446 g/mol. The molecule has 1 heterocycles. The van der Waals surface area contributed by atoms with E-state index in [4.69, 9.17) is 4.74 Å². The van der Waals surface area contributed by atoms with Crippen LogP contribution in [0.15, 0.2) is 84.9 Å². The zero-order chi connectivity index (χ0) is 23.5. The molecule has 4 aromatic carbocycles. The lowest BCUT2D eigenvalue weighted by molar-refractivity contribution is 0.0690. The summed E-state index contributed by atoms with van der Waals surface area (Å²) >= 11 is 0. The standard InChI is InChI=1S/C29H22N2O3/c30-18-19-7-3-10-21(17-19)23-12-5-13-24-25(28(29(32)33)31-27(23)24)14-6-16-34-26-15-4-9-20-8-1-2-11-22(20)26/h1-5,7-13,15,17,31H,6,14,16H2,(H,32,33). The number of carbonyl (C=O) groups is 1. The maximum absolute atomic E-state index is 12.0. The minimum Gasteiger partial charge on any atom is -0.493 e. The number of ether oxygens (including phenoxy) is 1. The number of nitrogens with zero attached hydrogens (tertiary/aromatic N) is 1. The van der Waals surface area contributed by atoms with E-state index in [1.807, 2.05) is 66.7 Å². The molecule has 5 aromatic rings. The van der Waals surface area contributed by atoms with E-state index < -0.39 is 5.97 Å². The van der Waals surface area contributed by atoms with Gasteiger partial charge in [0.15, 0.2) is 0 Å². The molecule has 0 radical (unpaired) electrons. The predicted octanol–water partition coefficient (Wildman–Crippen LogP) is 6.57. The van der Waals surface area contributed by atoms with Gasteiger partial charge in [0.1, 0.15) is 11.4 Å². The molecule has 0 spiro atoms. The fraction of sp³-hybridized carbons (Fsp3) is 0.103. The molecule has 0 unspecified atom stereocenters. The summed E-state index contributed by atoms with van der Waals surface area (Å²) in [6.07, 6.45) is 1.23. The number of aromatic nitrogens is 1. The minimum atomic E-state index is -0.988. The first-order valence-corrected chi connectivity index (χ1v) is 11.1. The highest BCUT2D eigenvalue weighted by atomic mass is 16.5. The van der Waals surface area contributed by atoms with E-state index in [0.717, 1.165) is 44.1 Å². The topological polar surface area (TPSA) is 86.1 Å². The van der Waals surface area contributed by atoms with Gasteiger partial charge in [-0.05, 0) is 47.6 Å². The lowest BCUT2D eigenvalue weighted by Crippen LogP contribution is -2.04. The van der Waals surface area contributed by atoms with Gasteiger partial charge in [0.25, 0.3) is 0 Å². The second-order valence-electron chi connectivity index (χ2n) is 8.13. The molecule has 34 heavy (non-hydrogen) atoms. The van der Waals surface area contributed by atoms with Crippen molar-refractivity contribution in [2.24, 2.45) is 0 Å². The Bertz CT molecular complexity index is 1550. The summed E-state index contributed by atoms with van der Waals surface area (Å²) in [6, 6.07) is 29.4. The van der Waals surface area contributed by atoms with Gasteiger partial charge < -0.3 is 14.8 Å². The Morgan fingerprint density at radius 3 is 2.56 bits per heavy atom. The molecule has 0 aliphatic heterocycles. The van der Waals surface area contributed by atoms with Gasteiger partial charge in [-0.2, -0.15) is 5.26 Å². The van der Waals surface area contributed by atoms with Gasteiger partial charge in [-0.25, -0.2) is 4.79 Å². The molecule has 2 N–H and O–H groups in total. The minimum absolute atomic E-state index is 0.198. The number of nitrogens with one attached hydrogen (secondary N) is 1. The van der Waals surface area contributed by atoms with Crippen molar-refractivity contribution < 1.29 is 14.6 Å². The highest BCUT2D eigenvalue weighted by Gasteiger charge is 2.19. The molecule has 0 amide bonds. The van der Waals surface area contributed by atoms with Gasteiger partial charge in [0.05, 0.1) is 23.8 Å². The molecule has 0 fully saturated rings. The van der Waals surface area contributed by atoms with Crippen LogP contribution in [0.25, 0.3) is 32.8 Å². The van der Waals surface area contributed by atoms with Gasteiger partial charge in [-0.15, -0.1) is 0 Å². The largest absolute Gasteiger partial charge is 0.493 e. The lowest BCUT2D eigenvalue weighted by atomic mass is 9.99. The molecule has 5 heteroatoms. The number of hydrogen-bond donors (Lipinski definition) is 2. The van der Waals surface area contributed by atoms with Crippen molar-refractivity contribution in [3.8, 4) is 22.9 Å². The molecular weight excluding hydrogens is 424 g/mol. The number of carboxylic acid groups (broad SMARTS) is 1. The molecule has 0 aliphatic carbocycles. The van der Waals surface area contributed by atoms with Crippen LogP contribution in [0.3, 0.4) is 0 Å². The molecule has 5 rings (SSSR count). The smallest absolute Gasteiger partial charge is 0.352 e. The van der Waals surface area contributed by atoms with E-state index in [0.29, 0.717) is 25.0 Å². The number of carboxylic acids is 1. The maximum Gasteiger partial charge on any atom is 0.352 e. The van der Waals surface area contributed by atoms with Crippen LogP contribution in [0, 0.1) is 11.3 Å². The first-order valence-electron chi connectivity index (χ1n) is 11.1. The second-order valence-corrected chi connectivity index (χ2v) is 8.13. The summed E-state index contributed by atoms with van der Waals surface area (Å²) in [5.41, 5.74) is 4.03. The third-order valence-corrected chi connectivity index (χ3v) is 6.04. The zero-order valence-electron chi connectivity index (χ0n) is 18.4. The predicted molar refractivity (Wildman–Crippen MR) is 133 cm³/mol. The van der Waals surface area contributed by atoms with Crippen LogP contribution in [0.2, 0.25) is 0 Å². The van der Waals surface area contributed by atoms with Gasteiger partial charge in [0.2, 0.25) is 0 Å². The van der Waals surface area contributed by atoms with Crippen LogP contribution in [0.4, 0.5) is 0 Å². The molecule has 166 valence electrons. The van der Waals surface area contributed by atoms with Crippen LogP contribution < -0.4 is 4.74 Å². The Morgan fingerprint density at radius 1 is 0.941 bits per heavy atom. The van der Waals surface area contributed by atoms with Crippen molar-refractivity contribution in [1.82, 2.24) is 4.98 Å². The van der Waals surface area contributed by atoms with E-state index in [9.17, 15) is 15.2 Å². The first kappa shape index (κ1) is 21.3. The van der Waals surface area contributed by atoms with Crippen molar-refractivity contribution in [1.29, 1.82) is 5.26 Å². The van der Waals surface area contributed by atoms with Crippen molar-refractivity contribution in [3.05, 3.63) is 102 Å². The van der Waals surface area contributed by atoms with Crippen molar-refractivity contribution in [3.63, 3.8) is 0 Å². The summed E-state index contributed by atoms with van der Waals surface area (Å²) in [4.78, 5) is 15.2. The number of hydrogen-bond acceptors (Lipinski definition) is 3.